The third kappa shape index (κ3) is 3.93. The smallest absolute Gasteiger partial charge is 0.340 e. The standard InChI is InChI=1S/C17H18ClNO4/c1-4-22-17(21)15-10(2)16(19-11(15)3)14(20)9-23-13-7-5-6-12(18)8-13/h5-8,19H,4,9H2,1-3H3. The quantitative estimate of drug-likeness (QED) is 0.645. The van der Waals surface area contributed by atoms with Gasteiger partial charge in [0, 0.05) is 10.7 Å². The first-order valence-electron chi connectivity index (χ1n) is 7.21. The van der Waals surface area contributed by atoms with Gasteiger partial charge in [-0.1, -0.05) is 17.7 Å². The highest BCUT2D eigenvalue weighted by Gasteiger charge is 2.22. The topological polar surface area (TPSA) is 68.4 Å². The summed E-state index contributed by atoms with van der Waals surface area (Å²) in [6.45, 7) is 5.31. The molecule has 1 heterocycles. The number of hydrogen-bond donors (Lipinski definition) is 1. The van der Waals surface area contributed by atoms with Crippen molar-refractivity contribution in [2.24, 2.45) is 0 Å². The van der Waals surface area contributed by atoms with Gasteiger partial charge in [0.05, 0.1) is 17.9 Å². The molecule has 2 aromatic rings. The van der Waals surface area contributed by atoms with Gasteiger partial charge in [0.2, 0.25) is 5.78 Å². The minimum Gasteiger partial charge on any atom is -0.485 e. The third-order valence-electron chi connectivity index (χ3n) is 3.36. The number of ketones is 1. The zero-order valence-electron chi connectivity index (χ0n) is 13.2. The Balaban J connectivity index is 2.14. The normalized spacial score (nSPS) is 10.4. The van der Waals surface area contributed by atoms with Gasteiger partial charge in [-0.25, -0.2) is 4.79 Å². The number of benzene rings is 1. The van der Waals surface area contributed by atoms with Crippen LogP contribution in [0.2, 0.25) is 5.02 Å². The first-order chi connectivity index (χ1) is 10.9. The number of rotatable bonds is 6. The summed E-state index contributed by atoms with van der Waals surface area (Å²) in [5.74, 6) is -0.174. The summed E-state index contributed by atoms with van der Waals surface area (Å²) in [6.07, 6.45) is 0. The Morgan fingerprint density at radius 1 is 1.26 bits per heavy atom. The van der Waals surface area contributed by atoms with Gasteiger partial charge in [-0.05, 0) is 44.5 Å². The number of Topliss-reactive ketones (excluding diaryl/α,β-unsaturated/α-hetero) is 1. The molecule has 0 fully saturated rings. The summed E-state index contributed by atoms with van der Waals surface area (Å²) in [5.41, 5.74) is 1.93. The van der Waals surface area contributed by atoms with Crippen molar-refractivity contribution in [2.45, 2.75) is 20.8 Å². The minimum absolute atomic E-state index is 0.149. The van der Waals surface area contributed by atoms with E-state index in [0.29, 0.717) is 33.3 Å². The van der Waals surface area contributed by atoms with Crippen molar-refractivity contribution in [3.63, 3.8) is 0 Å². The zero-order valence-corrected chi connectivity index (χ0v) is 14.0. The van der Waals surface area contributed by atoms with Crippen molar-refractivity contribution in [1.82, 2.24) is 4.98 Å². The second-order valence-electron chi connectivity index (χ2n) is 5.01. The highest BCUT2D eigenvalue weighted by Crippen LogP contribution is 2.21. The third-order valence-corrected chi connectivity index (χ3v) is 3.60. The molecule has 1 aromatic carbocycles. The SMILES string of the molecule is CCOC(=O)c1c(C)[nH]c(C(=O)COc2cccc(Cl)c2)c1C. The van der Waals surface area contributed by atoms with E-state index in [-0.39, 0.29) is 19.0 Å². The highest BCUT2D eigenvalue weighted by atomic mass is 35.5. The summed E-state index contributed by atoms with van der Waals surface area (Å²) in [5, 5.41) is 0.534. The van der Waals surface area contributed by atoms with Crippen LogP contribution in [0, 0.1) is 13.8 Å². The molecule has 0 spiro atoms. The second-order valence-corrected chi connectivity index (χ2v) is 5.45. The van der Waals surface area contributed by atoms with Crippen LogP contribution in [-0.2, 0) is 4.74 Å². The molecular weight excluding hydrogens is 318 g/mol. The summed E-state index contributed by atoms with van der Waals surface area (Å²) in [4.78, 5) is 27.2. The van der Waals surface area contributed by atoms with Crippen LogP contribution in [0.1, 0.15) is 39.0 Å². The number of nitrogens with one attached hydrogen (secondary N) is 1. The van der Waals surface area contributed by atoms with E-state index in [1.54, 1.807) is 45.0 Å². The Bertz CT molecular complexity index is 736. The van der Waals surface area contributed by atoms with Crippen LogP contribution in [0.4, 0.5) is 0 Å². The van der Waals surface area contributed by atoms with Crippen LogP contribution in [-0.4, -0.2) is 30.0 Å². The summed E-state index contributed by atoms with van der Waals surface area (Å²) in [7, 11) is 0. The maximum atomic E-state index is 12.3. The van der Waals surface area contributed by atoms with Crippen molar-refractivity contribution in [2.75, 3.05) is 13.2 Å². The highest BCUT2D eigenvalue weighted by molar-refractivity contribution is 6.30. The number of aromatic nitrogens is 1. The van der Waals surface area contributed by atoms with Gasteiger partial charge in [0.15, 0.2) is 6.61 Å². The number of carbonyl (C=O) groups is 2. The van der Waals surface area contributed by atoms with E-state index >= 15 is 0 Å². The van der Waals surface area contributed by atoms with Crippen molar-refractivity contribution < 1.29 is 19.1 Å². The van der Waals surface area contributed by atoms with Gasteiger partial charge < -0.3 is 14.5 Å². The largest absolute Gasteiger partial charge is 0.485 e. The number of H-pyrrole nitrogens is 1. The van der Waals surface area contributed by atoms with Crippen LogP contribution in [0.15, 0.2) is 24.3 Å². The van der Waals surface area contributed by atoms with E-state index in [1.165, 1.54) is 0 Å². The first-order valence-corrected chi connectivity index (χ1v) is 7.59. The molecule has 5 nitrogen and oxygen atoms in total. The molecule has 0 unspecified atom stereocenters. The van der Waals surface area contributed by atoms with Crippen LogP contribution < -0.4 is 4.74 Å². The van der Waals surface area contributed by atoms with Crippen LogP contribution in [0.3, 0.4) is 0 Å². The molecule has 23 heavy (non-hydrogen) atoms. The fourth-order valence-electron chi connectivity index (χ4n) is 2.32. The Kier molecular flexibility index (Phi) is 5.45. The van der Waals surface area contributed by atoms with E-state index in [1.807, 2.05) is 0 Å². The Labute approximate surface area is 139 Å². The van der Waals surface area contributed by atoms with E-state index in [4.69, 9.17) is 21.1 Å². The van der Waals surface area contributed by atoms with Gasteiger partial charge in [0.1, 0.15) is 5.75 Å². The summed E-state index contributed by atoms with van der Waals surface area (Å²) >= 11 is 5.87. The number of ether oxygens (including phenoxy) is 2. The van der Waals surface area contributed by atoms with Crippen molar-refractivity contribution in [1.29, 1.82) is 0 Å². The number of esters is 1. The van der Waals surface area contributed by atoms with Gasteiger partial charge in [0.25, 0.3) is 0 Å². The number of halogens is 1. The average molecular weight is 336 g/mol. The average Bonchev–Trinajstić information content (AvgIpc) is 2.80. The van der Waals surface area contributed by atoms with Gasteiger partial charge in [-0.15, -0.1) is 0 Å². The second kappa shape index (κ2) is 7.33. The number of hydrogen-bond acceptors (Lipinski definition) is 4. The number of carbonyl (C=O) groups excluding carboxylic acids is 2. The summed E-state index contributed by atoms with van der Waals surface area (Å²) in [6, 6.07) is 6.81. The maximum Gasteiger partial charge on any atom is 0.340 e. The zero-order chi connectivity index (χ0) is 17.0. The summed E-state index contributed by atoms with van der Waals surface area (Å²) < 4.78 is 10.5. The van der Waals surface area contributed by atoms with E-state index in [9.17, 15) is 9.59 Å². The molecule has 0 saturated heterocycles. The molecule has 0 aliphatic heterocycles. The van der Waals surface area contributed by atoms with E-state index in [0.717, 1.165) is 0 Å². The minimum atomic E-state index is -0.437. The van der Waals surface area contributed by atoms with Crippen LogP contribution in [0.25, 0.3) is 0 Å². The number of aromatic amines is 1. The maximum absolute atomic E-state index is 12.3. The molecule has 0 saturated carbocycles. The van der Waals surface area contributed by atoms with Gasteiger partial charge in [-0.2, -0.15) is 0 Å². The molecular formula is C17H18ClNO4. The molecule has 0 aliphatic rings. The van der Waals surface area contributed by atoms with Gasteiger partial charge in [-0.3, -0.25) is 4.79 Å². The molecule has 0 atom stereocenters. The van der Waals surface area contributed by atoms with Crippen LogP contribution >= 0.6 is 11.6 Å². The molecule has 122 valence electrons. The fraction of sp³-hybridized carbons (Fsp3) is 0.294. The molecule has 1 N–H and O–H groups in total. The Morgan fingerprint density at radius 2 is 2.00 bits per heavy atom. The predicted octanol–water partition coefficient (Wildman–Crippen LogP) is 3.72. The van der Waals surface area contributed by atoms with E-state index in [2.05, 4.69) is 4.98 Å². The molecule has 0 bridgehead atoms. The fourth-order valence-corrected chi connectivity index (χ4v) is 2.50. The van der Waals surface area contributed by atoms with Crippen molar-refractivity contribution >= 4 is 23.4 Å². The molecule has 1 aromatic heterocycles. The Morgan fingerprint density at radius 3 is 2.65 bits per heavy atom. The predicted molar refractivity (Wildman–Crippen MR) is 87.5 cm³/mol. The molecule has 0 aliphatic carbocycles. The molecule has 0 amide bonds. The van der Waals surface area contributed by atoms with Crippen LogP contribution in [0.5, 0.6) is 5.75 Å². The molecule has 6 heteroatoms. The number of aryl methyl sites for hydroxylation is 1. The lowest BCUT2D eigenvalue weighted by Gasteiger charge is -2.06. The molecule has 0 radical (unpaired) electrons. The van der Waals surface area contributed by atoms with Gasteiger partial charge >= 0.3 is 5.97 Å². The lowest BCUT2D eigenvalue weighted by molar-refractivity contribution is 0.0525. The lowest BCUT2D eigenvalue weighted by atomic mass is 10.1. The molecule has 2 rings (SSSR count). The van der Waals surface area contributed by atoms with Crippen molar-refractivity contribution in [3.8, 4) is 5.75 Å². The first kappa shape index (κ1) is 17.1. The lowest BCUT2D eigenvalue weighted by Crippen LogP contribution is -2.13. The monoisotopic (exact) mass is 335 g/mol. The van der Waals surface area contributed by atoms with Crippen molar-refractivity contribution in [3.05, 3.63) is 51.8 Å². The van der Waals surface area contributed by atoms with E-state index < -0.39 is 5.97 Å². The Hall–Kier alpha value is -2.27.